The quantitative estimate of drug-likeness (QED) is 0.690. The predicted octanol–water partition coefficient (Wildman–Crippen LogP) is 2.68. The fourth-order valence-electron chi connectivity index (χ4n) is 3.05. The number of carboxylic acid groups (broad SMARTS) is 1. The first-order valence-corrected chi connectivity index (χ1v) is 9.01. The summed E-state index contributed by atoms with van der Waals surface area (Å²) in [6.45, 7) is 4.81. The van der Waals surface area contributed by atoms with Gasteiger partial charge in [-0.1, -0.05) is 22.9 Å². The van der Waals surface area contributed by atoms with Crippen LogP contribution in [-0.4, -0.2) is 65.5 Å². The molecule has 1 aliphatic heterocycles. The molecule has 1 aromatic carbocycles. The number of anilines is 1. The number of likely N-dealkylation sites (tertiary alicyclic amines) is 1. The maximum Gasteiger partial charge on any atom is 0.317 e. The summed E-state index contributed by atoms with van der Waals surface area (Å²) in [6.07, 6.45) is 1.79. The van der Waals surface area contributed by atoms with Crippen LogP contribution in [0.5, 0.6) is 0 Å². The van der Waals surface area contributed by atoms with Crippen molar-refractivity contribution in [3.8, 4) is 0 Å². The van der Waals surface area contributed by atoms with Crippen molar-refractivity contribution in [3.63, 3.8) is 0 Å². The number of amides is 1. The van der Waals surface area contributed by atoms with Crippen molar-refractivity contribution in [2.45, 2.75) is 25.8 Å². The van der Waals surface area contributed by atoms with Crippen molar-refractivity contribution in [2.75, 3.05) is 38.0 Å². The summed E-state index contributed by atoms with van der Waals surface area (Å²) in [5, 5.41) is 11.9. The molecule has 2 rings (SSSR count). The second-order valence-electron chi connectivity index (χ2n) is 6.02. The van der Waals surface area contributed by atoms with Crippen molar-refractivity contribution in [2.24, 2.45) is 0 Å². The number of carboxylic acids is 1. The van der Waals surface area contributed by atoms with Crippen LogP contribution in [0.15, 0.2) is 28.7 Å². The molecule has 6 nitrogen and oxygen atoms in total. The van der Waals surface area contributed by atoms with Gasteiger partial charge in [-0.25, -0.2) is 0 Å². The van der Waals surface area contributed by atoms with Crippen molar-refractivity contribution in [1.29, 1.82) is 0 Å². The average molecular weight is 435 g/mol. The maximum absolute atomic E-state index is 12.1. The second kappa shape index (κ2) is 10.8. The minimum Gasteiger partial charge on any atom is -0.480 e. The van der Waals surface area contributed by atoms with Crippen LogP contribution in [0.2, 0.25) is 0 Å². The van der Waals surface area contributed by atoms with Crippen LogP contribution in [0.4, 0.5) is 5.69 Å². The number of likely N-dealkylation sites (N-methyl/N-ethyl adjacent to an activating group) is 1. The van der Waals surface area contributed by atoms with Gasteiger partial charge < -0.3 is 10.4 Å². The number of carbonyl (C=O) groups excluding carboxylic acids is 1. The smallest absolute Gasteiger partial charge is 0.317 e. The van der Waals surface area contributed by atoms with Crippen LogP contribution in [0.1, 0.15) is 19.8 Å². The monoisotopic (exact) mass is 433 g/mol. The molecule has 0 unspecified atom stereocenters. The van der Waals surface area contributed by atoms with E-state index in [1.54, 1.807) is 0 Å². The summed E-state index contributed by atoms with van der Waals surface area (Å²) in [5.74, 6) is -0.804. The summed E-state index contributed by atoms with van der Waals surface area (Å²) < 4.78 is 0.976. The van der Waals surface area contributed by atoms with Gasteiger partial charge in [0.05, 0.1) is 13.1 Å². The lowest BCUT2D eigenvalue weighted by Gasteiger charge is -2.37. The molecule has 1 heterocycles. The lowest BCUT2D eigenvalue weighted by molar-refractivity contribution is -0.139. The van der Waals surface area contributed by atoms with Gasteiger partial charge in [0.15, 0.2) is 0 Å². The van der Waals surface area contributed by atoms with Crippen LogP contribution in [0, 0.1) is 0 Å². The Morgan fingerprint density at radius 3 is 2.40 bits per heavy atom. The number of hydrogen-bond donors (Lipinski definition) is 2. The molecular weight excluding hydrogens is 410 g/mol. The Kier molecular flexibility index (Phi) is 9.42. The molecule has 0 aliphatic carbocycles. The average Bonchev–Trinajstić information content (AvgIpc) is 2.55. The number of nitrogens with zero attached hydrogens (tertiary/aromatic N) is 2. The third-order valence-corrected chi connectivity index (χ3v) is 4.84. The second-order valence-corrected chi connectivity index (χ2v) is 6.93. The molecule has 0 radical (unpaired) electrons. The number of halogens is 2. The Hall–Kier alpha value is -1.15. The molecular formula is C17H25BrClN3O3. The minimum absolute atomic E-state index is 0. The highest BCUT2D eigenvalue weighted by molar-refractivity contribution is 9.10. The van der Waals surface area contributed by atoms with E-state index in [4.69, 9.17) is 5.11 Å². The van der Waals surface area contributed by atoms with E-state index >= 15 is 0 Å². The zero-order valence-corrected chi connectivity index (χ0v) is 16.7. The molecule has 1 amide bonds. The van der Waals surface area contributed by atoms with Crippen LogP contribution >= 0.6 is 28.3 Å². The molecule has 0 saturated carbocycles. The Balaban J connectivity index is 0.00000312. The Labute approximate surface area is 163 Å². The van der Waals surface area contributed by atoms with Gasteiger partial charge in [-0.2, -0.15) is 0 Å². The van der Waals surface area contributed by atoms with E-state index < -0.39 is 5.97 Å². The van der Waals surface area contributed by atoms with E-state index in [0.29, 0.717) is 6.54 Å². The Bertz CT molecular complexity index is 563. The minimum atomic E-state index is -0.784. The lowest BCUT2D eigenvalue weighted by Crippen LogP contribution is -2.48. The summed E-state index contributed by atoms with van der Waals surface area (Å²) in [4.78, 5) is 27.2. The van der Waals surface area contributed by atoms with E-state index in [-0.39, 0.29) is 30.9 Å². The summed E-state index contributed by atoms with van der Waals surface area (Å²) >= 11 is 3.37. The van der Waals surface area contributed by atoms with E-state index in [9.17, 15) is 9.59 Å². The van der Waals surface area contributed by atoms with Gasteiger partial charge in [-0.15, -0.1) is 12.4 Å². The molecule has 0 aromatic heterocycles. The van der Waals surface area contributed by atoms with E-state index in [0.717, 1.165) is 42.6 Å². The fourth-order valence-corrected chi connectivity index (χ4v) is 3.32. The maximum atomic E-state index is 12.1. The molecule has 1 saturated heterocycles. The third-order valence-electron chi connectivity index (χ3n) is 4.31. The molecule has 0 atom stereocenters. The van der Waals surface area contributed by atoms with Gasteiger partial charge in [0.1, 0.15) is 0 Å². The highest BCUT2D eigenvalue weighted by Crippen LogP contribution is 2.17. The molecule has 140 valence electrons. The third kappa shape index (κ3) is 7.32. The zero-order chi connectivity index (χ0) is 17.5. The largest absolute Gasteiger partial charge is 0.480 e. The van der Waals surface area contributed by atoms with E-state index in [1.807, 2.05) is 36.1 Å². The van der Waals surface area contributed by atoms with Crippen molar-refractivity contribution < 1.29 is 14.7 Å². The van der Waals surface area contributed by atoms with Crippen molar-refractivity contribution in [3.05, 3.63) is 28.7 Å². The Morgan fingerprint density at radius 2 is 1.88 bits per heavy atom. The Morgan fingerprint density at radius 1 is 1.28 bits per heavy atom. The first-order chi connectivity index (χ1) is 11.5. The number of nitrogens with one attached hydrogen (secondary N) is 1. The standard InChI is InChI=1S/C17H24BrN3O3.ClH/c1-2-21(12-17(23)24)15-7-9-20(10-8-15)11-16(22)19-14-5-3-13(18)4-6-14;/h3-6,15H,2,7-12H2,1H3,(H,19,22)(H,23,24);1H. The summed E-state index contributed by atoms with van der Waals surface area (Å²) in [7, 11) is 0. The molecule has 2 N–H and O–H groups in total. The van der Waals surface area contributed by atoms with Gasteiger partial charge in [0.2, 0.25) is 5.91 Å². The van der Waals surface area contributed by atoms with E-state index in [2.05, 4.69) is 26.1 Å². The van der Waals surface area contributed by atoms with Crippen LogP contribution in [0.25, 0.3) is 0 Å². The molecule has 0 bridgehead atoms. The zero-order valence-electron chi connectivity index (χ0n) is 14.3. The van der Waals surface area contributed by atoms with Gasteiger partial charge in [0.25, 0.3) is 0 Å². The van der Waals surface area contributed by atoms with Gasteiger partial charge >= 0.3 is 5.97 Å². The first kappa shape index (κ1) is 21.9. The molecule has 1 fully saturated rings. The lowest BCUT2D eigenvalue weighted by atomic mass is 10.0. The number of aliphatic carboxylic acids is 1. The number of benzene rings is 1. The highest BCUT2D eigenvalue weighted by atomic mass is 79.9. The molecule has 0 spiro atoms. The fraction of sp³-hybridized carbons (Fsp3) is 0.529. The SMILES string of the molecule is CCN(CC(=O)O)C1CCN(CC(=O)Nc2ccc(Br)cc2)CC1.Cl. The molecule has 8 heteroatoms. The number of piperidine rings is 1. The first-order valence-electron chi connectivity index (χ1n) is 8.21. The van der Waals surface area contributed by atoms with Crippen LogP contribution < -0.4 is 5.32 Å². The van der Waals surface area contributed by atoms with Gasteiger partial charge in [-0.3, -0.25) is 19.4 Å². The molecule has 25 heavy (non-hydrogen) atoms. The van der Waals surface area contributed by atoms with Crippen LogP contribution in [0.3, 0.4) is 0 Å². The van der Waals surface area contributed by atoms with Crippen molar-refractivity contribution in [1.82, 2.24) is 9.80 Å². The van der Waals surface area contributed by atoms with Crippen molar-refractivity contribution >= 4 is 45.9 Å². The van der Waals surface area contributed by atoms with Gasteiger partial charge in [0, 0.05) is 29.3 Å². The molecule has 1 aromatic rings. The summed E-state index contributed by atoms with van der Waals surface area (Å²) in [6, 6.07) is 7.79. The predicted molar refractivity (Wildman–Crippen MR) is 104 cm³/mol. The molecule has 1 aliphatic rings. The summed E-state index contributed by atoms with van der Waals surface area (Å²) in [5.41, 5.74) is 0.789. The van der Waals surface area contributed by atoms with Crippen LogP contribution in [-0.2, 0) is 9.59 Å². The number of hydrogen-bond acceptors (Lipinski definition) is 4. The normalized spacial score (nSPS) is 15.6. The highest BCUT2D eigenvalue weighted by Gasteiger charge is 2.25. The number of rotatable bonds is 7. The topological polar surface area (TPSA) is 72.9 Å². The van der Waals surface area contributed by atoms with Gasteiger partial charge in [-0.05, 0) is 43.7 Å². The number of carbonyl (C=O) groups is 2. The van der Waals surface area contributed by atoms with E-state index in [1.165, 1.54) is 0 Å².